The number of methoxy groups -OCH3 is 1. The van der Waals surface area contributed by atoms with E-state index in [1.807, 2.05) is 0 Å². The minimum Gasteiger partial charge on any atom is -0.379 e. The highest BCUT2D eigenvalue weighted by Crippen LogP contribution is 2.21. The Labute approximate surface area is 81.4 Å². The zero-order chi connectivity index (χ0) is 9.61. The van der Waals surface area contributed by atoms with Gasteiger partial charge in [0.25, 0.3) is 0 Å². The van der Waals surface area contributed by atoms with E-state index in [2.05, 4.69) is 20.8 Å². The summed E-state index contributed by atoms with van der Waals surface area (Å²) in [5.74, 6) is 1.43. The number of hydrogen-bond donors (Lipinski definition) is 0. The molecule has 0 aromatic carbocycles. The van der Waals surface area contributed by atoms with Crippen LogP contribution in [-0.2, 0) is 4.74 Å². The molecule has 74 valence electrons. The van der Waals surface area contributed by atoms with Gasteiger partial charge in [0, 0.05) is 13.0 Å². The molecule has 12 heavy (non-hydrogen) atoms. The molecule has 0 aliphatic rings. The van der Waals surface area contributed by atoms with Crippen LogP contribution in [0.1, 0.15) is 40.0 Å². The van der Waals surface area contributed by atoms with Crippen LogP contribution < -0.4 is 0 Å². The van der Waals surface area contributed by atoms with E-state index in [0.717, 1.165) is 12.3 Å². The van der Waals surface area contributed by atoms with E-state index in [4.69, 9.17) is 16.3 Å². The summed E-state index contributed by atoms with van der Waals surface area (Å²) in [6.07, 6.45) is 3.43. The van der Waals surface area contributed by atoms with Crippen molar-refractivity contribution >= 4 is 11.6 Å². The first-order chi connectivity index (χ1) is 5.55. The number of rotatable bonds is 6. The molecular formula is C10H21ClO. The van der Waals surface area contributed by atoms with Gasteiger partial charge in [0.15, 0.2) is 0 Å². The largest absolute Gasteiger partial charge is 0.379 e. The lowest BCUT2D eigenvalue weighted by Crippen LogP contribution is -2.23. The molecule has 0 aliphatic heterocycles. The predicted octanol–water partition coefficient (Wildman–Crippen LogP) is 3.46. The van der Waals surface area contributed by atoms with Crippen molar-refractivity contribution in [3.63, 3.8) is 0 Å². The molecule has 0 aromatic heterocycles. The minimum atomic E-state index is 0.0134. The third kappa shape index (κ3) is 5.00. The average Bonchev–Trinajstić information content (AvgIpc) is 2.06. The second kappa shape index (κ2) is 5.82. The molecule has 0 N–H and O–H groups in total. The molecule has 2 heteroatoms. The average molecular weight is 193 g/mol. The van der Waals surface area contributed by atoms with Crippen molar-refractivity contribution < 1.29 is 4.74 Å². The van der Waals surface area contributed by atoms with Gasteiger partial charge in [-0.3, -0.25) is 0 Å². The standard InChI is InChI=1S/C10H21ClO/c1-5-9(8-11)6-7-10(2,3)12-4/h9H,5-8H2,1-4H3. The Morgan fingerprint density at radius 2 is 2.00 bits per heavy atom. The van der Waals surface area contributed by atoms with Crippen molar-refractivity contribution in [2.24, 2.45) is 5.92 Å². The molecule has 1 atom stereocenters. The maximum Gasteiger partial charge on any atom is 0.0622 e. The normalized spacial score (nSPS) is 14.8. The molecule has 0 radical (unpaired) electrons. The molecule has 1 nitrogen and oxygen atoms in total. The van der Waals surface area contributed by atoms with Gasteiger partial charge in [-0.25, -0.2) is 0 Å². The van der Waals surface area contributed by atoms with E-state index >= 15 is 0 Å². The van der Waals surface area contributed by atoms with Gasteiger partial charge in [0.1, 0.15) is 0 Å². The van der Waals surface area contributed by atoms with Gasteiger partial charge in [0.05, 0.1) is 5.60 Å². The fourth-order valence-corrected chi connectivity index (χ4v) is 1.42. The third-order valence-corrected chi connectivity index (χ3v) is 2.94. The summed E-state index contributed by atoms with van der Waals surface area (Å²) >= 11 is 5.80. The van der Waals surface area contributed by atoms with E-state index < -0.39 is 0 Å². The number of alkyl halides is 1. The molecular weight excluding hydrogens is 172 g/mol. The molecule has 0 amide bonds. The lowest BCUT2D eigenvalue weighted by Gasteiger charge is -2.24. The van der Waals surface area contributed by atoms with Gasteiger partial charge in [-0.15, -0.1) is 11.6 Å². The van der Waals surface area contributed by atoms with E-state index in [1.54, 1.807) is 7.11 Å². The summed E-state index contributed by atoms with van der Waals surface area (Å²) in [5.41, 5.74) is 0.0134. The quantitative estimate of drug-likeness (QED) is 0.586. The van der Waals surface area contributed by atoms with Crippen molar-refractivity contribution in [3.05, 3.63) is 0 Å². The van der Waals surface area contributed by atoms with E-state index in [0.29, 0.717) is 5.92 Å². The van der Waals surface area contributed by atoms with Gasteiger partial charge >= 0.3 is 0 Å². The summed E-state index contributed by atoms with van der Waals surface area (Å²) in [5, 5.41) is 0. The molecule has 0 aliphatic carbocycles. The van der Waals surface area contributed by atoms with Crippen LogP contribution in [0.4, 0.5) is 0 Å². The Hall–Kier alpha value is 0.250. The molecule has 0 saturated heterocycles. The van der Waals surface area contributed by atoms with E-state index in [1.165, 1.54) is 12.8 Å². The van der Waals surface area contributed by atoms with E-state index in [9.17, 15) is 0 Å². The maximum atomic E-state index is 5.80. The molecule has 0 heterocycles. The molecule has 1 unspecified atom stereocenters. The van der Waals surface area contributed by atoms with Gasteiger partial charge in [-0.2, -0.15) is 0 Å². The second-order valence-electron chi connectivity index (χ2n) is 3.93. The van der Waals surface area contributed by atoms with Crippen LogP contribution in [0.15, 0.2) is 0 Å². The monoisotopic (exact) mass is 192 g/mol. The third-order valence-electron chi connectivity index (χ3n) is 2.50. The molecule has 0 fully saturated rings. The fraction of sp³-hybridized carbons (Fsp3) is 1.00. The van der Waals surface area contributed by atoms with Gasteiger partial charge < -0.3 is 4.74 Å². The van der Waals surface area contributed by atoms with Crippen molar-refractivity contribution in [2.45, 2.75) is 45.6 Å². The van der Waals surface area contributed by atoms with Gasteiger partial charge in [0.2, 0.25) is 0 Å². The predicted molar refractivity (Wildman–Crippen MR) is 54.8 cm³/mol. The molecule has 0 rings (SSSR count). The van der Waals surface area contributed by atoms with Crippen LogP contribution in [0.3, 0.4) is 0 Å². The smallest absolute Gasteiger partial charge is 0.0622 e. The van der Waals surface area contributed by atoms with Crippen molar-refractivity contribution in [2.75, 3.05) is 13.0 Å². The van der Waals surface area contributed by atoms with Crippen LogP contribution in [0.2, 0.25) is 0 Å². The van der Waals surface area contributed by atoms with Gasteiger partial charge in [-0.1, -0.05) is 13.3 Å². The van der Waals surface area contributed by atoms with Crippen LogP contribution in [0.25, 0.3) is 0 Å². The Morgan fingerprint density at radius 3 is 2.33 bits per heavy atom. The molecule has 0 spiro atoms. The van der Waals surface area contributed by atoms with Crippen LogP contribution in [0, 0.1) is 5.92 Å². The Bertz CT molecular complexity index is 108. The topological polar surface area (TPSA) is 9.23 Å². The lowest BCUT2D eigenvalue weighted by atomic mass is 9.94. The molecule has 0 aromatic rings. The highest BCUT2D eigenvalue weighted by molar-refractivity contribution is 6.18. The molecule has 0 bridgehead atoms. The zero-order valence-electron chi connectivity index (χ0n) is 8.69. The van der Waals surface area contributed by atoms with Gasteiger partial charge in [-0.05, 0) is 32.6 Å². The summed E-state index contributed by atoms with van der Waals surface area (Å²) in [6, 6.07) is 0. The summed E-state index contributed by atoms with van der Waals surface area (Å²) in [4.78, 5) is 0. The minimum absolute atomic E-state index is 0.0134. The first-order valence-corrected chi connectivity index (χ1v) is 5.20. The number of ether oxygens (including phenoxy) is 1. The van der Waals surface area contributed by atoms with Crippen LogP contribution in [-0.4, -0.2) is 18.6 Å². The summed E-state index contributed by atoms with van der Waals surface area (Å²) in [7, 11) is 1.77. The van der Waals surface area contributed by atoms with E-state index in [-0.39, 0.29) is 5.60 Å². The zero-order valence-corrected chi connectivity index (χ0v) is 9.45. The lowest BCUT2D eigenvalue weighted by molar-refractivity contribution is 0.0109. The first kappa shape index (κ1) is 12.2. The summed E-state index contributed by atoms with van der Waals surface area (Å²) in [6.45, 7) is 6.43. The SMILES string of the molecule is CCC(CCl)CCC(C)(C)OC. The maximum absolute atomic E-state index is 5.80. The summed E-state index contributed by atoms with van der Waals surface area (Å²) < 4.78 is 5.33. The van der Waals surface area contributed by atoms with Crippen molar-refractivity contribution in [1.82, 2.24) is 0 Å². The highest BCUT2D eigenvalue weighted by atomic mass is 35.5. The number of halogens is 1. The molecule has 0 saturated carbocycles. The Morgan fingerprint density at radius 1 is 1.42 bits per heavy atom. The van der Waals surface area contributed by atoms with Crippen LogP contribution >= 0.6 is 11.6 Å². The Kier molecular flexibility index (Phi) is 5.94. The second-order valence-corrected chi connectivity index (χ2v) is 4.24. The first-order valence-electron chi connectivity index (χ1n) is 4.67. The fourth-order valence-electron chi connectivity index (χ4n) is 1.04. The van der Waals surface area contributed by atoms with Crippen molar-refractivity contribution in [3.8, 4) is 0 Å². The van der Waals surface area contributed by atoms with Crippen molar-refractivity contribution in [1.29, 1.82) is 0 Å². The highest BCUT2D eigenvalue weighted by Gasteiger charge is 2.17. The Balaban J connectivity index is 3.65. The van der Waals surface area contributed by atoms with Crippen LogP contribution in [0.5, 0.6) is 0 Å². The number of hydrogen-bond acceptors (Lipinski definition) is 1.